The summed E-state index contributed by atoms with van der Waals surface area (Å²) in [6.07, 6.45) is 28.5. The zero-order chi connectivity index (χ0) is 20.7. The topological polar surface area (TPSA) is 57.5 Å². The van der Waals surface area contributed by atoms with Crippen molar-refractivity contribution in [2.24, 2.45) is 0 Å². The van der Waals surface area contributed by atoms with Gasteiger partial charge in [0.1, 0.15) is 0 Å². The maximum Gasteiger partial charge on any atom is 0.303 e. The lowest BCUT2D eigenvalue weighted by atomic mass is 10.0. The van der Waals surface area contributed by atoms with Crippen LogP contribution in [0.2, 0.25) is 0 Å². The summed E-state index contributed by atoms with van der Waals surface area (Å²) in [5.41, 5.74) is 0. The number of rotatable bonds is 21. The van der Waals surface area contributed by atoms with E-state index in [2.05, 4.69) is 31.2 Å². The lowest BCUT2D eigenvalue weighted by molar-refractivity contribution is -0.137. The molecule has 3 nitrogen and oxygen atoms in total. The van der Waals surface area contributed by atoms with Crippen molar-refractivity contribution in [2.75, 3.05) is 0 Å². The number of hydrogen-bond acceptors (Lipinski definition) is 2. The van der Waals surface area contributed by atoms with Gasteiger partial charge in [0.15, 0.2) is 0 Å². The summed E-state index contributed by atoms with van der Waals surface area (Å²) < 4.78 is 0. The van der Waals surface area contributed by atoms with E-state index in [0.29, 0.717) is 6.42 Å². The second kappa shape index (κ2) is 22.2. The van der Waals surface area contributed by atoms with Gasteiger partial charge in [0, 0.05) is 6.42 Å². The third-order valence-corrected chi connectivity index (χ3v) is 5.15. The Hall–Kier alpha value is -1.09. The van der Waals surface area contributed by atoms with Gasteiger partial charge in [-0.15, -0.1) is 0 Å². The minimum absolute atomic E-state index is 0.175. The molecule has 0 spiro atoms. The number of unbranched alkanes of at least 4 members (excludes halogenated alkanes) is 12. The number of aliphatic hydroxyl groups is 1. The van der Waals surface area contributed by atoms with Crippen molar-refractivity contribution in [3.63, 3.8) is 0 Å². The summed E-state index contributed by atoms with van der Waals surface area (Å²) in [7, 11) is 0. The van der Waals surface area contributed by atoms with Crippen molar-refractivity contribution < 1.29 is 15.0 Å². The molecule has 28 heavy (non-hydrogen) atoms. The monoisotopic (exact) mass is 394 g/mol. The highest BCUT2D eigenvalue weighted by Gasteiger charge is 2.01. The van der Waals surface area contributed by atoms with Gasteiger partial charge in [-0.2, -0.15) is 0 Å². The minimum Gasteiger partial charge on any atom is -0.481 e. The van der Waals surface area contributed by atoms with Crippen LogP contribution in [-0.4, -0.2) is 22.3 Å². The van der Waals surface area contributed by atoms with Crippen LogP contribution in [0, 0.1) is 0 Å². The van der Waals surface area contributed by atoms with Crippen LogP contribution in [0.5, 0.6) is 0 Å². The van der Waals surface area contributed by atoms with Crippen LogP contribution < -0.4 is 0 Å². The highest BCUT2D eigenvalue weighted by molar-refractivity contribution is 5.66. The van der Waals surface area contributed by atoms with Crippen LogP contribution in [0.25, 0.3) is 0 Å². The first-order valence-electron chi connectivity index (χ1n) is 11.9. The fourth-order valence-corrected chi connectivity index (χ4v) is 3.35. The van der Waals surface area contributed by atoms with Crippen LogP contribution in [0.1, 0.15) is 122 Å². The van der Waals surface area contributed by atoms with Gasteiger partial charge in [0.25, 0.3) is 0 Å². The van der Waals surface area contributed by atoms with Crippen molar-refractivity contribution in [3.8, 4) is 0 Å². The number of carboxylic acids is 1. The molecule has 0 aromatic heterocycles. The van der Waals surface area contributed by atoms with E-state index < -0.39 is 5.97 Å². The van der Waals surface area contributed by atoms with Crippen LogP contribution >= 0.6 is 0 Å². The predicted molar refractivity (Wildman–Crippen MR) is 121 cm³/mol. The molecule has 164 valence electrons. The van der Waals surface area contributed by atoms with Gasteiger partial charge in [-0.05, 0) is 32.1 Å². The zero-order valence-electron chi connectivity index (χ0n) is 18.4. The van der Waals surface area contributed by atoms with Crippen LogP contribution in [0.15, 0.2) is 24.3 Å². The summed E-state index contributed by atoms with van der Waals surface area (Å²) in [6.45, 7) is 2.19. The van der Waals surface area contributed by atoms with Gasteiger partial charge in [-0.25, -0.2) is 0 Å². The lowest BCUT2D eigenvalue weighted by Crippen LogP contribution is -2.04. The maximum atomic E-state index is 10.4. The predicted octanol–water partition coefficient (Wildman–Crippen LogP) is 7.59. The average Bonchev–Trinajstić information content (AvgIpc) is 2.67. The molecule has 0 amide bonds. The molecule has 0 fully saturated rings. The summed E-state index contributed by atoms with van der Waals surface area (Å²) in [6, 6.07) is 0. The molecular weight excluding hydrogens is 348 g/mol. The minimum atomic E-state index is -0.669. The normalized spacial score (nSPS) is 12.9. The van der Waals surface area contributed by atoms with Gasteiger partial charge in [0.2, 0.25) is 0 Å². The van der Waals surface area contributed by atoms with Gasteiger partial charge in [-0.3, -0.25) is 4.79 Å². The first-order chi connectivity index (χ1) is 13.7. The Morgan fingerprint density at radius 2 is 1.25 bits per heavy atom. The molecule has 0 aliphatic carbocycles. The summed E-state index contributed by atoms with van der Waals surface area (Å²) in [4.78, 5) is 10.4. The first kappa shape index (κ1) is 26.9. The third-order valence-electron chi connectivity index (χ3n) is 5.15. The van der Waals surface area contributed by atoms with E-state index in [1.807, 2.05) is 0 Å². The van der Waals surface area contributed by atoms with E-state index >= 15 is 0 Å². The molecule has 0 bridgehead atoms. The third kappa shape index (κ3) is 23.0. The highest BCUT2D eigenvalue weighted by Crippen LogP contribution is 2.14. The fourth-order valence-electron chi connectivity index (χ4n) is 3.35. The van der Waals surface area contributed by atoms with E-state index in [4.69, 9.17) is 5.11 Å². The second-order valence-corrected chi connectivity index (χ2v) is 8.03. The van der Waals surface area contributed by atoms with Crippen LogP contribution in [0.3, 0.4) is 0 Å². The molecule has 0 aromatic rings. The Balaban J connectivity index is 3.23. The standard InChI is InChI=1S/C25H46O3/c1-2-3-4-5-12-15-18-21-24(26)22-19-16-13-10-8-6-7-9-11-14-17-20-23-25(27)28/h4-5,15,18,24,26H,2-3,6-14,16-17,19-23H2,1H3,(H,27,28). The number of carboxylic acid groups (broad SMARTS) is 1. The first-order valence-corrected chi connectivity index (χ1v) is 11.9. The van der Waals surface area contributed by atoms with Gasteiger partial charge in [-0.1, -0.05) is 108 Å². The van der Waals surface area contributed by atoms with Crippen molar-refractivity contribution in [1.29, 1.82) is 0 Å². The van der Waals surface area contributed by atoms with E-state index in [0.717, 1.165) is 44.9 Å². The molecular formula is C25H46O3. The molecule has 0 saturated carbocycles. The van der Waals surface area contributed by atoms with Crippen LogP contribution in [0.4, 0.5) is 0 Å². The number of hydrogen-bond donors (Lipinski definition) is 2. The Morgan fingerprint density at radius 3 is 1.79 bits per heavy atom. The van der Waals surface area contributed by atoms with Gasteiger partial charge < -0.3 is 10.2 Å². The second-order valence-electron chi connectivity index (χ2n) is 8.03. The van der Waals surface area contributed by atoms with Gasteiger partial charge >= 0.3 is 5.97 Å². The van der Waals surface area contributed by atoms with Gasteiger partial charge in [0.05, 0.1) is 6.10 Å². The zero-order valence-corrected chi connectivity index (χ0v) is 18.4. The Morgan fingerprint density at radius 1 is 0.750 bits per heavy atom. The van der Waals surface area contributed by atoms with E-state index in [1.165, 1.54) is 64.2 Å². The number of aliphatic hydroxyl groups excluding tert-OH is 1. The average molecular weight is 395 g/mol. The number of allylic oxidation sites excluding steroid dienone is 3. The summed E-state index contributed by atoms with van der Waals surface area (Å²) in [5.74, 6) is -0.669. The summed E-state index contributed by atoms with van der Waals surface area (Å²) >= 11 is 0. The molecule has 1 unspecified atom stereocenters. The van der Waals surface area contributed by atoms with Crippen molar-refractivity contribution >= 4 is 5.97 Å². The van der Waals surface area contributed by atoms with E-state index in [1.54, 1.807) is 0 Å². The van der Waals surface area contributed by atoms with Crippen LogP contribution in [-0.2, 0) is 4.79 Å². The van der Waals surface area contributed by atoms with E-state index in [-0.39, 0.29) is 6.10 Å². The number of aliphatic carboxylic acids is 1. The molecule has 0 aliphatic rings. The molecule has 0 aliphatic heterocycles. The van der Waals surface area contributed by atoms with E-state index in [9.17, 15) is 9.90 Å². The Bertz CT molecular complexity index is 387. The maximum absolute atomic E-state index is 10.4. The molecule has 1 atom stereocenters. The molecule has 3 heteroatoms. The molecule has 2 N–H and O–H groups in total. The lowest BCUT2D eigenvalue weighted by Gasteiger charge is -2.07. The summed E-state index contributed by atoms with van der Waals surface area (Å²) in [5, 5.41) is 18.6. The number of carbonyl (C=O) groups is 1. The molecule has 0 aromatic carbocycles. The Kier molecular flexibility index (Phi) is 21.3. The van der Waals surface area contributed by atoms with Crippen molar-refractivity contribution in [2.45, 2.75) is 129 Å². The Labute approximate surface area is 174 Å². The molecule has 0 radical (unpaired) electrons. The largest absolute Gasteiger partial charge is 0.481 e. The SMILES string of the molecule is CCCC=CCC=CCC(O)CCCCCCCCCCCCCCC(=O)O. The molecule has 0 saturated heterocycles. The molecule has 0 rings (SSSR count). The fraction of sp³-hybridized carbons (Fsp3) is 0.800. The highest BCUT2D eigenvalue weighted by atomic mass is 16.4. The molecule has 0 heterocycles. The van der Waals surface area contributed by atoms with Crippen molar-refractivity contribution in [1.82, 2.24) is 0 Å². The van der Waals surface area contributed by atoms with Crippen molar-refractivity contribution in [3.05, 3.63) is 24.3 Å². The quantitative estimate of drug-likeness (QED) is 0.156. The smallest absolute Gasteiger partial charge is 0.303 e.